The molecule has 2 aromatic heterocycles. The van der Waals surface area contributed by atoms with E-state index < -0.39 is 5.97 Å². The first-order chi connectivity index (χ1) is 8.56. The van der Waals surface area contributed by atoms with E-state index in [4.69, 9.17) is 0 Å². The summed E-state index contributed by atoms with van der Waals surface area (Å²) in [6.45, 7) is 3.95. The molecule has 0 aliphatic rings. The summed E-state index contributed by atoms with van der Waals surface area (Å²) in [5, 5.41) is 14.4. The molecule has 6 heteroatoms. The van der Waals surface area contributed by atoms with Crippen LogP contribution in [0.5, 0.6) is 0 Å². The van der Waals surface area contributed by atoms with Crippen molar-refractivity contribution in [2.45, 2.75) is 25.2 Å². The number of aromatic carboxylic acids is 1. The summed E-state index contributed by atoms with van der Waals surface area (Å²) in [7, 11) is 1.82. The number of hydrogen-bond acceptors (Lipinski definition) is 4. The minimum atomic E-state index is -0.939. The lowest BCUT2D eigenvalue weighted by atomic mass is 10.2. The molecule has 0 saturated heterocycles. The fraction of sp³-hybridized carbons (Fsp3) is 0.417. The van der Waals surface area contributed by atoms with E-state index in [0.717, 1.165) is 33.8 Å². The van der Waals surface area contributed by atoms with Gasteiger partial charge in [-0.3, -0.25) is 4.68 Å². The van der Waals surface area contributed by atoms with Gasteiger partial charge in [-0.25, -0.2) is 9.78 Å². The Labute approximate surface area is 109 Å². The number of aromatic nitrogens is 3. The first-order valence-electron chi connectivity index (χ1n) is 5.74. The Hall–Kier alpha value is -1.56. The van der Waals surface area contributed by atoms with Crippen molar-refractivity contribution in [2.75, 3.05) is 5.75 Å². The molecule has 0 amide bonds. The third-order valence-electron chi connectivity index (χ3n) is 2.66. The monoisotopic (exact) mass is 265 g/mol. The van der Waals surface area contributed by atoms with Gasteiger partial charge in [-0.2, -0.15) is 5.10 Å². The van der Waals surface area contributed by atoms with Gasteiger partial charge in [0, 0.05) is 18.1 Å². The fourth-order valence-electron chi connectivity index (χ4n) is 1.89. The van der Waals surface area contributed by atoms with Gasteiger partial charge in [-0.1, -0.05) is 6.92 Å². The first kappa shape index (κ1) is 12.9. The molecule has 5 nitrogen and oxygen atoms in total. The fourth-order valence-corrected chi connectivity index (χ4v) is 2.97. The van der Waals surface area contributed by atoms with E-state index in [1.54, 1.807) is 16.4 Å². The largest absolute Gasteiger partial charge is 0.478 e. The smallest absolute Gasteiger partial charge is 0.338 e. The maximum Gasteiger partial charge on any atom is 0.338 e. The van der Waals surface area contributed by atoms with E-state index in [2.05, 4.69) is 17.0 Å². The normalized spacial score (nSPS) is 11.1. The number of fused-ring (bicyclic) bond motifs is 1. The van der Waals surface area contributed by atoms with E-state index in [0.29, 0.717) is 0 Å². The van der Waals surface area contributed by atoms with Gasteiger partial charge in [0.05, 0.1) is 16.6 Å². The number of hydrogen-bond donors (Lipinski definition) is 1. The number of carboxylic acid groups (broad SMARTS) is 1. The van der Waals surface area contributed by atoms with Gasteiger partial charge >= 0.3 is 5.97 Å². The van der Waals surface area contributed by atoms with Crippen molar-refractivity contribution in [3.8, 4) is 0 Å². The lowest BCUT2D eigenvalue weighted by Crippen LogP contribution is -2.02. The van der Waals surface area contributed by atoms with E-state index >= 15 is 0 Å². The molecule has 0 radical (unpaired) electrons. The molecular formula is C12H15N3O2S. The molecule has 1 N–H and O–H groups in total. The highest BCUT2D eigenvalue weighted by Gasteiger charge is 2.19. The first-order valence-corrected chi connectivity index (χ1v) is 6.73. The highest BCUT2D eigenvalue weighted by atomic mass is 32.2. The van der Waals surface area contributed by atoms with Crippen LogP contribution in [-0.4, -0.2) is 31.6 Å². The second kappa shape index (κ2) is 4.97. The number of rotatable bonds is 4. The average molecular weight is 265 g/mol. The quantitative estimate of drug-likeness (QED) is 0.860. The summed E-state index contributed by atoms with van der Waals surface area (Å²) in [4.78, 5) is 16.2. The Bertz CT molecular complexity index is 607. The van der Waals surface area contributed by atoms with Crippen LogP contribution in [0.2, 0.25) is 0 Å². The second-order valence-electron chi connectivity index (χ2n) is 4.06. The molecule has 0 aliphatic carbocycles. The van der Waals surface area contributed by atoms with Crippen LogP contribution >= 0.6 is 11.8 Å². The molecule has 0 saturated carbocycles. The van der Waals surface area contributed by atoms with Gasteiger partial charge in [0.15, 0.2) is 5.65 Å². The van der Waals surface area contributed by atoms with Crippen LogP contribution in [0.15, 0.2) is 11.1 Å². The molecule has 0 fully saturated rings. The Balaban J connectivity index is 2.71. The van der Waals surface area contributed by atoms with Crippen LogP contribution in [0.4, 0.5) is 0 Å². The van der Waals surface area contributed by atoms with E-state index in [9.17, 15) is 9.90 Å². The molecule has 0 atom stereocenters. The Kier molecular flexibility index (Phi) is 3.56. The van der Waals surface area contributed by atoms with Gasteiger partial charge in [0.2, 0.25) is 0 Å². The van der Waals surface area contributed by atoms with E-state index in [1.807, 2.05) is 14.0 Å². The molecule has 2 heterocycles. The number of nitrogens with zero attached hydrogens (tertiary/aromatic N) is 3. The van der Waals surface area contributed by atoms with Crippen LogP contribution in [0.25, 0.3) is 11.0 Å². The van der Waals surface area contributed by atoms with Crippen LogP contribution in [0.3, 0.4) is 0 Å². The summed E-state index contributed by atoms with van der Waals surface area (Å²) in [6.07, 6.45) is 2.41. The zero-order valence-corrected chi connectivity index (χ0v) is 11.4. The van der Waals surface area contributed by atoms with Crippen molar-refractivity contribution in [2.24, 2.45) is 7.05 Å². The molecular weight excluding hydrogens is 250 g/mol. The predicted octanol–water partition coefficient (Wildman–Crippen LogP) is 2.48. The van der Waals surface area contributed by atoms with Gasteiger partial charge in [0.25, 0.3) is 0 Å². The molecule has 0 unspecified atom stereocenters. The highest BCUT2D eigenvalue weighted by molar-refractivity contribution is 7.99. The maximum absolute atomic E-state index is 11.3. The van der Waals surface area contributed by atoms with Crippen molar-refractivity contribution in [3.63, 3.8) is 0 Å². The van der Waals surface area contributed by atoms with Gasteiger partial charge in [-0.05, 0) is 19.1 Å². The summed E-state index contributed by atoms with van der Waals surface area (Å²) >= 11 is 1.56. The summed E-state index contributed by atoms with van der Waals surface area (Å²) in [5.41, 5.74) is 1.81. The highest BCUT2D eigenvalue weighted by Crippen LogP contribution is 2.32. The molecule has 0 spiro atoms. The molecule has 2 rings (SSSR count). The number of aryl methyl sites for hydroxylation is 2. The topological polar surface area (TPSA) is 68.0 Å². The number of pyridine rings is 1. The van der Waals surface area contributed by atoms with Crippen molar-refractivity contribution in [1.29, 1.82) is 0 Å². The summed E-state index contributed by atoms with van der Waals surface area (Å²) < 4.78 is 1.69. The third-order valence-corrected chi connectivity index (χ3v) is 3.99. The SMILES string of the molecule is CCCSc1c(C(=O)O)cnc2c1c(C)nn2C. The van der Waals surface area contributed by atoms with Gasteiger partial charge < -0.3 is 5.11 Å². The standard InChI is InChI=1S/C12H15N3O2S/c1-4-5-18-10-8(12(16)17)6-13-11-9(10)7(2)14-15(11)3/h6H,4-5H2,1-3H3,(H,16,17). The Morgan fingerprint density at radius 1 is 1.56 bits per heavy atom. The van der Waals surface area contributed by atoms with Crippen LogP contribution in [0.1, 0.15) is 29.4 Å². The van der Waals surface area contributed by atoms with Crippen LogP contribution < -0.4 is 0 Å². The van der Waals surface area contributed by atoms with E-state index in [1.165, 1.54) is 6.20 Å². The minimum Gasteiger partial charge on any atom is -0.478 e. The lowest BCUT2D eigenvalue weighted by molar-refractivity contribution is 0.0693. The summed E-state index contributed by atoms with van der Waals surface area (Å²) in [6, 6.07) is 0. The van der Waals surface area contributed by atoms with E-state index in [-0.39, 0.29) is 5.56 Å². The van der Waals surface area contributed by atoms with Crippen molar-refractivity contribution in [3.05, 3.63) is 17.5 Å². The molecule has 2 aromatic rings. The second-order valence-corrected chi connectivity index (χ2v) is 5.17. The Morgan fingerprint density at radius 2 is 2.28 bits per heavy atom. The molecule has 96 valence electrons. The van der Waals surface area contributed by atoms with Gasteiger partial charge in [-0.15, -0.1) is 11.8 Å². The molecule has 0 aromatic carbocycles. The van der Waals surface area contributed by atoms with Crippen molar-refractivity contribution in [1.82, 2.24) is 14.8 Å². The van der Waals surface area contributed by atoms with Gasteiger partial charge in [0.1, 0.15) is 0 Å². The van der Waals surface area contributed by atoms with Crippen LogP contribution in [-0.2, 0) is 7.05 Å². The summed E-state index contributed by atoms with van der Waals surface area (Å²) in [5.74, 6) is -0.0560. The average Bonchev–Trinajstić information content (AvgIpc) is 2.62. The molecule has 18 heavy (non-hydrogen) atoms. The Morgan fingerprint density at radius 3 is 2.89 bits per heavy atom. The zero-order chi connectivity index (χ0) is 13.3. The van der Waals surface area contributed by atoms with Crippen molar-refractivity contribution >= 4 is 28.8 Å². The number of thioether (sulfide) groups is 1. The third kappa shape index (κ3) is 2.08. The number of carbonyl (C=O) groups is 1. The lowest BCUT2D eigenvalue weighted by Gasteiger charge is -2.07. The van der Waals surface area contributed by atoms with Crippen molar-refractivity contribution < 1.29 is 9.90 Å². The molecule has 0 aliphatic heterocycles. The predicted molar refractivity (Wildman–Crippen MR) is 71.2 cm³/mol. The molecule has 0 bridgehead atoms. The maximum atomic E-state index is 11.3. The zero-order valence-electron chi connectivity index (χ0n) is 10.6. The van der Waals surface area contributed by atoms with Crippen LogP contribution in [0, 0.1) is 6.92 Å². The minimum absolute atomic E-state index is 0.261. The number of carboxylic acids is 1.